The van der Waals surface area contributed by atoms with E-state index in [1.807, 2.05) is 11.9 Å². The Balaban J connectivity index is 1.31. The molecule has 0 radical (unpaired) electrons. The second-order valence-corrected chi connectivity index (χ2v) is 12.9. The molecule has 0 atom stereocenters. The predicted octanol–water partition coefficient (Wildman–Crippen LogP) is 5.85. The van der Waals surface area contributed by atoms with Gasteiger partial charge in [-0.1, -0.05) is 18.9 Å². The fourth-order valence-electron chi connectivity index (χ4n) is 6.60. The number of aliphatic carboxylic acids is 1. The van der Waals surface area contributed by atoms with Crippen LogP contribution in [-0.4, -0.2) is 82.4 Å². The van der Waals surface area contributed by atoms with Crippen LogP contribution < -0.4 is 10.2 Å². The maximum absolute atomic E-state index is 14.1. The lowest BCUT2D eigenvalue weighted by atomic mass is 9.86. The van der Waals surface area contributed by atoms with E-state index >= 15 is 0 Å². The van der Waals surface area contributed by atoms with E-state index in [-0.39, 0.29) is 52.2 Å². The third-order valence-electron chi connectivity index (χ3n) is 9.07. The number of alkyl halides is 3. The number of hydrogen-bond donors (Lipinski definition) is 3. The number of carbonyl (C=O) groups excluding carboxylic acids is 1. The SMILES string of the molecule is COCC1(CN(C)c2cc(-c3cnc(C4CC4)c(C(F)(F)F)c3)nc3nc(NC(=O)c4ccc(CCOCC(=O)O)cn4)[nH]c23)CCCC1. The molecule has 15 heteroatoms. The molecule has 1 amide bonds. The van der Waals surface area contributed by atoms with E-state index in [0.717, 1.165) is 37.3 Å². The highest BCUT2D eigenvalue weighted by Gasteiger charge is 2.40. The first-order valence-electron chi connectivity index (χ1n) is 16.2. The molecule has 4 aromatic heterocycles. The first-order valence-corrected chi connectivity index (χ1v) is 16.2. The number of methoxy groups -OCH3 is 1. The summed E-state index contributed by atoms with van der Waals surface area (Å²) in [5.41, 5.74) is 1.97. The number of halogens is 3. The van der Waals surface area contributed by atoms with Crippen molar-refractivity contribution < 1.29 is 37.3 Å². The fourth-order valence-corrected chi connectivity index (χ4v) is 6.60. The number of anilines is 2. The van der Waals surface area contributed by atoms with Crippen LogP contribution in [0.15, 0.2) is 36.7 Å². The van der Waals surface area contributed by atoms with E-state index in [4.69, 9.17) is 14.6 Å². The highest BCUT2D eigenvalue weighted by atomic mass is 19.4. The number of nitrogens with zero attached hydrogens (tertiary/aromatic N) is 5. The Kier molecular flexibility index (Phi) is 9.84. The average Bonchev–Trinajstić information content (AvgIpc) is 3.68. The van der Waals surface area contributed by atoms with Crippen molar-refractivity contribution in [3.63, 3.8) is 0 Å². The molecule has 0 bridgehead atoms. The molecule has 2 saturated carbocycles. The largest absolute Gasteiger partial charge is 0.480 e. The van der Waals surface area contributed by atoms with Gasteiger partial charge < -0.3 is 24.5 Å². The quantitative estimate of drug-likeness (QED) is 0.138. The van der Waals surface area contributed by atoms with Gasteiger partial charge in [-0.05, 0) is 55.9 Å². The maximum atomic E-state index is 14.1. The second kappa shape index (κ2) is 14.1. The van der Waals surface area contributed by atoms with Gasteiger partial charge in [-0.3, -0.25) is 20.1 Å². The Morgan fingerprint density at radius 1 is 1.12 bits per heavy atom. The summed E-state index contributed by atoms with van der Waals surface area (Å²) in [5, 5.41) is 11.4. The molecule has 0 aromatic carbocycles. The van der Waals surface area contributed by atoms with Crippen molar-refractivity contribution in [1.29, 1.82) is 0 Å². The molecule has 3 N–H and O–H groups in total. The van der Waals surface area contributed by atoms with Crippen molar-refractivity contribution in [2.75, 3.05) is 50.7 Å². The van der Waals surface area contributed by atoms with Crippen LogP contribution in [0.4, 0.5) is 24.8 Å². The van der Waals surface area contributed by atoms with Gasteiger partial charge in [0.1, 0.15) is 17.8 Å². The van der Waals surface area contributed by atoms with Crippen molar-refractivity contribution in [1.82, 2.24) is 24.9 Å². The number of amides is 1. The van der Waals surface area contributed by atoms with E-state index in [0.29, 0.717) is 43.6 Å². The third kappa shape index (κ3) is 7.99. The fraction of sp³-hybridized carbons (Fsp3) is 0.471. The zero-order chi connectivity index (χ0) is 34.8. The first-order chi connectivity index (χ1) is 23.4. The molecule has 4 heterocycles. The summed E-state index contributed by atoms with van der Waals surface area (Å²) in [5.74, 6) is -1.69. The maximum Gasteiger partial charge on any atom is 0.418 e. The number of imidazole rings is 1. The molecule has 0 saturated heterocycles. The normalized spacial score (nSPS) is 15.9. The summed E-state index contributed by atoms with van der Waals surface area (Å²) in [6.07, 6.45) is 4.31. The van der Waals surface area contributed by atoms with Gasteiger partial charge in [0.05, 0.1) is 35.9 Å². The van der Waals surface area contributed by atoms with E-state index in [1.165, 1.54) is 18.5 Å². The Labute approximate surface area is 280 Å². The second-order valence-electron chi connectivity index (χ2n) is 12.9. The number of nitrogens with one attached hydrogen (secondary N) is 2. The van der Waals surface area contributed by atoms with E-state index < -0.39 is 30.2 Å². The van der Waals surface area contributed by atoms with Crippen LogP contribution in [0.25, 0.3) is 22.4 Å². The van der Waals surface area contributed by atoms with Gasteiger partial charge in [-0.2, -0.15) is 18.2 Å². The number of carbonyl (C=O) groups is 2. The highest BCUT2D eigenvalue weighted by molar-refractivity contribution is 6.03. The summed E-state index contributed by atoms with van der Waals surface area (Å²) in [4.78, 5) is 46.6. The summed E-state index contributed by atoms with van der Waals surface area (Å²) >= 11 is 0. The number of carboxylic acid groups (broad SMARTS) is 1. The van der Waals surface area contributed by atoms with E-state index in [9.17, 15) is 22.8 Å². The first kappa shape index (κ1) is 34.2. The molecule has 6 rings (SSSR count). The molecule has 2 fully saturated rings. The molecular formula is C34H38F3N7O5. The Morgan fingerprint density at radius 3 is 2.55 bits per heavy atom. The summed E-state index contributed by atoms with van der Waals surface area (Å²) in [6.45, 7) is 0.996. The number of pyridine rings is 3. The topological polar surface area (TPSA) is 155 Å². The Morgan fingerprint density at radius 2 is 1.90 bits per heavy atom. The van der Waals surface area contributed by atoms with Gasteiger partial charge in [0.25, 0.3) is 5.91 Å². The number of aromatic amines is 1. The van der Waals surface area contributed by atoms with Crippen molar-refractivity contribution in [3.8, 4) is 11.3 Å². The number of ether oxygens (including phenoxy) is 2. The molecule has 0 aliphatic heterocycles. The molecule has 2 aliphatic carbocycles. The minimum atomic E-state index is -4.57. The van der Waals surface area contributed by atoms with Crippen LogP contribution in [-0.2, 0) is 26.9 Å². The van der Waals surface area contributed by atoms with Crippen molar-refractivity contribution in [3.05, 3.63) is 59.2 Å². The smallest absolute Gasteiger partial charge is 0.418 e. The molecule has 260 valence electrons. The zero-order valence-corrected chi connectivity index (χ0v) is 27.3. The molecule has 12 nitrogen and oxygen atoms in total. The van der Waals surface area contributed by atoms with Gasteiger partial charge in [-0.25, -0.2) is 9.78 Å². The standard InChI is InChI=1S/C34H38F3N7O5/c1-44(18-33(19-48-2)10-3-4-11-33)26-14-25(22-13-23(34(35,36)37)28(39-16-22)21-6-7-21)40-30-29(26)41-32(42-30)43-31(47)24-8-5-20(15-38-24)9-12-49-17-27(45)46/h5,8,13-16,21H,3-4,6-7,9-12,17-19H2,1-2H3,(H,45,46)(H2,40,41,42,43,47). The minimum absolute atomic E-state index is 0.0651. The average molecular weight is 682 g/mol. The molecule has 4 aromatic rings. The molecule has 2 aliphatic rings. The third-order valence-corrected chi connectivity index (χ3v) is 9.07. The molecule has 0 spiro atoms. The van der Waals surface area contributed by atoms with Gasteiger partial charge in [-0.15, -0.1) is 0 Å². The Bertz CT molecular complexity index is 1820. The summed E-state index contributed by atoms with van der Waals surface area (Å²) in [7, 11) is 3.60. The van der Waals surface area contributed by atoms with Crippen LogP contribution >= 0.6 is 0 Å². The molecule has 0 unspecified atom stereocenters. The van der Waals surface area contributed by atoms with Crippen LogP contribution in [0.2, 0.25) is 0 Å². The van der Waals surface area contributed by atoms with Crippen molar-refractivity contribution in [2.45, 2.75) is 57.0 Å². The lowest BCUT2D eigenvalue weighted by Gasteiger charge is -2.34. The van der Waals surface area contributed by atoms with Gasteiger partial charge in [0, 0.05) is 50.0 Å². The lowest BCUT2D eigenvalue weighted by molar-refractivity contribution is -0.142. The van der Waals surface area contributed by atoms with Gasteiger partial charge in [0.15, 0.2) is 5.65 Å². The van der Waals surface area contributed by atoms with Crippen LogP contribution in [0, 0.1) is 5.41 Å². The number of H-pyrrole nitrogens is 1. The van der Waals surface area contributed by atoms with Crippen molar-refractivity contribution in [2.24, 2.45) is 5.41 Å². The van der Waals surface area contributed by atoms with Crippen LogP contribution in [0.3, 0.4) is 0 Å². The van der Waals surface area contributed by atoms with Gasteiger partial charge in [0.2, 0.25) is 5.95 Å². The van der Waals surface area contributed by atoms with E-state index in [2.05, 4.69) is 30.2 Å². The van der Waals surface area contributed by atoms with Gasteiger partial charge >= 0.3 is 12.1 Å². The lowest BCUT2D eigenvalue weighted by Crippen LogP contribution is -2.37. The zero-order valence-electron chi connectivity index (χ0n) is 27.3. The highest BCUT2D eigenvalue weighted by Crippen LogP contribution is 2.46. The van der Waals surface area contributed by atoms with Crippen LogP contribution in [0.1, 0.15) is 71.8 Å². The number of fused-ring (bicyclic) bond motifs is 1. The number of hydrogen-bond acceptors (Lipinski definition) is 9. The predicted molar refractivity (Wildman–Crippen MR) is 174 cm³/mol. The number of rotatable bonds is 14. The number of aromatic nitrogens is 5. The van der Waals surface area contributed by atoms with Crippen molar-refractivity contribution >= 4 is 34.7 Å². The Hall–Kier alpha value is -4.63. The summed E-state index contributed by atoms with van der Waals surface area (Å²) in [6, 6.07) is 6.08. The summed E-state index contributed by atoms with van der Waals surface area (Å²) < 4.78 is 53.1. The monoisotopic (exact) mass is 681 g/mol. The molecule has 49 heavy (non-hydrogen) atoms. The minimum Gasteiger partial charge on any atom is -0.480 e. The molecular weight excluding hydrogens is 643 g/mol. The van der Waals surface area contributed by atoms with E-state index in [1.54, 1.807) is 19.2 Å². The van der Waals surface area contributed by atoms with Crippen LogP contribution in [0.5, 0.6) is 0 Å². The number of carboxylic acids is 1.